The molecule has 0 unspecified atom stereocenters. The summed E-state index contributed by atoms with van der Waals surface area (Å²) in [6, 6.07) is 42.4. The Morgan fingerprint density at radius 1 is 0.351 bits per heavy atom. The molecule has 4 nitrogen and oxygen atoms in total. The molecule has 6 aromatic rings. The first-order valence-corrected chi connectivity index (χ1v) is 11.8. The SMILES string of the molecule is N#Cc1ccc2cc(N(c3ccc4cc(C#N)ccc4c3)c3ccc4cc(C#N)ccc4c3)ccc2c1. The smallest absolute Gasteiger partial charge is 0.0991 e. The first-order chi connectivity index (χ1) is 18.1. The van der Waals surface area contributed by atoms with Crippen molar-refractivity contribution >= 4 is 49.4 Å². The van der Waals surface area contributed by atoms with Crippen LogP contribution in [-0.4, -0.2) is 0 Å². The predicted molar refractivity (Wildman–Crippen MR) is 148 cm³/mol. The number of nitrogens with zero attached hydrogens (tertiary/aromatic N) is 4. The lowest BCUT2D eigenvalue weighted by Crippen LogP contribution is -2.10. The molecule has 0 radical (unpaired) electrons. The summed E-state index contributed by atoms with van der Waals surface area (Å²) in [5.74, 6) is 0. The highest BCUT2D eigenvalue weighted by Gasteiger charge is 2.15. The molecule has 0 spiro atoms. The summed E-state index contributed by atoms with van der Waals surface area (Å²) in [5, 5.41) is 34.0. The van der Waals surface area contributed by atoms with E-state index in [2.05, 4.69) is 59.5 Å². The van der Waals surface area contributed by atoms with Gasteiger partial charge in [0.15, 0.2) is 0 Å². The maximum atomic E-state index is 9.28. The van der Waals surface area contributed by atoms with Crippen LogP contribution in [0, 0.1) is 34.0 Å². The van der Waals surface area contributed by atoms with Crippen LogP contribution in [-0.2, 0) is 0 Å². The molecule has 4 heteroatoms. The maximum absolute atomic E-state index is 9.28. The number of hydrogen-bond acceptors (Lipinski definition) is 4. The normalized spacial score (nSPS) is 10.6. The van der Waals surface area contributed by atoms with Gasteiger partial charge in [-0.3, -0.25) is 0 Å². The highest BCUT2D eigenvalue weighted by Crippen LogP contribution is 2.38. The van der Waals surface area contributed by atoms with Crippen LogP contribution in [0.15, 0.2) is 109 Å². The van der Waals surface area contributed by atoms with Gasteiger partial charge in [0.05, 0.1) is 34.9 Å². The number of hydrogen-bond donors (Lipinski definition) is 0. The van der Waals surface area contributed by atoms with E-state index in [1.165, 1.54) is 0 Å². The van der Waals surface area contributed by atoms with Crippen LogP contribution in [0.2, 0.25) is 0 Å². The fourth-order valence-corrected chi connectivity index (χ4v) is 4.77. The molecule has 0 aliphatic heterocycles. The first-order valence-electron chi connectivity index (χ1n) is 11.8. The van der Waals surface area contributed by atoms with Gasteiger partial charge in [-0.25, -0.2) is 0 Å². The molecule has 0 saturated carbocycles. The molecule has 6 aromatic carbocycles. The lowest BCUT2D eigenvalue weighted by Gasteiger charge is -2.26. The molecule has 37 heavy (non-hydrogen) atoms. The molecule has 0 heterocycles. The van der Waals surface area contributed by atoms with Crippen LogP contribution in [0.1, 0.15) is 16.7 Å². The quantitative estimate of drug-likeness (QED) is 0.261. The lowest BCUT2D eigenvalue weighted by molar-refractivity contribution is 1.30. The van der Waals surface area contributed by atoms with Gasteiger partial charge >= 0.3 is 0 Å². The number of benzene rings is 6. The van der Waals surface area contributed by atoms with E-state index >= 15 is 0 Å². The highest BCUT2D eigenvalue weighted by atomic mass is 15.1. The van der Waals surface area contributed by atoms with Gasteiger partial charge in [-0.2, -0.15) is 15.8 Å². The molecule has 6 rings (SSSR count). The van der Waals surface area contributed by atoms with E-state index in [1.54, 1.807) is 0 Å². The summed E-state index contributed by atoms with van der Waals surface area (Å²) in [6.45, 7) is 0. The molecule has 0 aliphatic carbocycles. The number of nitriles is 3. The zero-order chi connectivity index (χ0) is 25.4. The number of fused-ring (bicyclic) bond motifs is 3. The van der Waals surface area contributed by atoms with Gasteiger partial charge in [-0.05, 0) is 105 Å². The minimum atomic E-state index is 0.634. The Balaban J connectivity index is 1.55. The molecule has 0 atom stereocenters. The van der Waals surface area contributed by atoms with Gasteiger partial charge in [0, 0.05) is 17.1 Å². The lowest BCUT2D eigenvalue weighted by atomic mass is 10.0. The molecule has 0 amide bonds. The minimum Gasteiger partial charge on any atom is -0.310 e. The third kappa shape index (κ3) is 3.98. The zero-order valence-electron chi connectivity index (χ0n) is 19.7. The van der Waals surface area contributed by atoms with Crippen molar-refractivity contribution in [2.24, 2.45) is 0 Å². The van der Waals surface area contributed by atoms with E-state index in [0.717, 1.165) is 49.4 Å². The van der Waals surface area contributed by atoms with Crippen LogP contribution < -0.4 is 4.90 Å². The van der Waals surface area contributed by atoms with Gasteiger partial charge < -0.3 is 4.90 Å². The van der Waals surface area contributed by atoms with Gasteiger partial charge in [0.25, 0.3) is 0 Å². The average molecular weight is 471 g/mol. The Hall–Kier alpha value is -5.63. The summed E-state index contributed by atoms with van der Waals surface area (Å²) in [4.78, 5) is 2.20. The van der Waals surface area contributed by atoms with E-state index in [0.29, 0.717) is 16.7 Å². The van der Waals surface area contributed by atoms with E-state index < -0.39 is 0 Å². The van der Waals surface area contributed by atoms with Crippen molar-refractivity contribution in [1.82, 2.24) is 0 Å². The summed E-state index contributed by atoms with van der Waals surface area (Å²) >= 11 is 0. The van der Waals surface area contributed by atoms with E-state index in [-0.39, 0.29) is 0 Å². The third-order valence-electron chi connectivity index (χ3n) is 6.63. The minimum absolute atomic E-state index is 0.634. The second kappa shape index (κ2) is 8.86. The van der Waals surface area contributed by atoms with Crippen molar-refractivity contribution < 1.29 is 0 Å². The molecule has 0 N–H and O–H groups in total. The summed E-state index contributed by atoms with van der Waals surface area (Å²) in [7, 11) is 0. The first kappa shape index (κ1) is 21.9. The van der Waals surface area contributed by atoms with Crippen LogP contribution in [0.5, 0.6) is 0 Å². The maximum Gasteiger partial charge on any atom is 0.0991 e. The Morgan fingerprint density at radius 3 is 0.919 bits per heavy atom. The van der Waals surface area contributed by atoms with Crippen LogP contribution in [0.25, 0.3) is 32.3 Å². The molecular weight excluding hydrogens is 452 g/mol. The Labute approximate surface area is 214 Å². The van der Waals surface area contributed by atoms with Gasteiger partial charge in [0.2, 0.25) is 0 Å². The molecule has 170 valence electrons. The monoisotopic (exact) mass is 470 g/mol. The molecule has 0 fully saturated rings. The van der Waals surface area contributed by atoms with Crippen LogP contribution >= 0.6 is 0 Å². The van der Waals surface area contributed by atoms with Crippen molar-refractivity contribution in [3.63, 3.8) is 0 Å². The highest BCUT2D eigenvalue weighted by molar-refractivity contribution is 5.95. The van der Waals surface area contributed by atoms with Crippen molar-refractivity contribution in [3.8, 4) is 18.2 Å². The Morgan fingerprint density at radius 2 is 0.622 bits per heavy atom. The van der Waals surface area contributed by atoms with Crippen LogP contribution in [0.3, 0.4) is 0 Å². The molecule has 0 aromatic heterocycles. The van der Waals surface area contributed by atoms with Gasteiger partial charge in [-0.15, -0.1) is 0 Å². The second-order valence-electron chi connectivity index (χ2n) is 8.91. The molecular formula is C33H18N4. The largest absolute Gasteiger partial charge is 0.310 e. The third-order valence-corrected chi connectivity index (χ3v) is 6.63. The Bertz CT molecular complexity index is 1750. The zero-order valence-corrected chi connectivity index (χ0v) is 19.7. The molecule has 0 saturated heterocycles. The summed E-state index contributed by atoms with van der Waals surface area (Å²) in [6.07, 6.45) is 0. The van der Waals surface area contributed by atoms with Crippen LogP contribution in [0.4, 0.5) is 17.1 Å². The van der Waals surface area contributed by atoms with Crippen molar-refractivity contribution in [2.45, 2.75) is 0 Å². The fourth-order valence-electron chi connectivity index (χ4n) is 4.77. The average Bonchev–Trinajstić information content (AvgIpc) is 2.96. The van der Waals surface area contributed by atoms with Gasteiger partial charge in [-0.1, -0.05) is 36.4 Å². The van der Waals surface area contributed by atoms with Crippen molar-refractivity contribution in [3.05, 3.63) is 126 Å². The van der Waals surface area contributed by atoms with Crippen molar-refractivity contribution in [1.29, 1.82) is 15.8 Å². The molecule has 0 aliphatic rings. The van der Waals surface area contributed by atoms with E-state index in [4.69, 9.17) is 0 Å². The standard InChI is InChI=1S/C33H18N4/c34-19-22-1-4-28-16-31(10-7-25(28)13-22)37(32-11-8-26-14-23(20-35)2-5-29(26)17-32)33-12-9-27-15-24(21-36)3-6-30(27)18-33/h1-18H. The predicted octanol–water partition coefficient (Wildman–Crippen LogP) is 8.23. The van der Waals surface area contributed by atoms with E-state index in [9.17, 15) is 15.8 Å². The van der Waals surface area contributed by atoms with E-state index in [1.807, 2.05) is 72.8 Å². The summed E-state index contributed by atoms with van der Waals surface area (Å²) in [5.41, 5.74) is 4.86. The summed E-state index contributed by atoms with van der Waals surface area (Å²) < 4.78 is 0. The van der Waals surface area contributed by atoms with Gasteiger partial charge in [0.1, 0.15) is 0 Å². The number of rotatable bonds is 3. The fraction of sp³-hybridized carbons (Fsp3) is 0. The number of anilines is 3. The molecule has 0 bridgehead atoms. The Kier molecular flexibility index (Phi) is 5.24. The topological polar surface area (TPSA) is 74.6 Å². The second-order valence-corrected chi connectivity index (χ2v) is 8.91. The van der Waals surface area contributed by atoms with Crippen molar-refractivity contribution in [2.75, 3.05) is 4.90 Å².